The number of hydrogen-bond acceptors (Lipinski definition) is 2. The first-order chi connectivity index (χ1) is 9.11. The number of aryl methyl sites for hydroxylation is 1. The minimum absolute atomic E-state index is 0.0517. The maximum atomic E-state index is 9.22. The van der Waals surface area contributed by atoms with E-state index in [2.05, 4.69) is 45.0 Å². The lowest BCUT2D eigenvalue weighted by Crippen LogP contribution is -2.29. The summed E-state index contributed by atoms with van der Waals surface area (Å²) in [6.07, 6.45) is 4.38. The second kappa shape index (κ2) is 6.10. The number of ether oxygens (including phenoxy) is 1. The molecular formula is C17H23NO. The monoisotopic (exact) mass is 257 g/mol. The molecule has 2 atom stereocenters. The zero-order chi connectivity index (χ0) is 13.8. The molecule has 1 aliphatic rings. The van der Waals surface area contributed by atoms with Gasteiger partial charge in [0.2, 0.25) is 0 Å². The Labute approximate surface area is 116 Å². The largest absolute Gasteiger partial charge is 0.489 e. The van der Waals surface area contributed by atoms with Crippen molar-refractivity contribution in [1.82, 2.24) is 0 Å². The topological polar surface area (TPSA) is 33.0 Å². The highest BCUT2D eigenvalue weighted by Crippen LogP contribution is 2.31. The average Bonchev–Trinajstić information content (AvgIpc) is 2.41. The molecule has 0 radical (unpaired) electrons. The minimum atomic E-state index is 0.0517. The Hall–Kier alpha value is -1.49. The number of nitriles is 1. The average molecular weight is 257 g/mol. The standard InChI is InChI=1S/C17H23NO/c1-12(2)14-9-8-13(3)17(10-14)19-16-7-5-4-6-15(16)11-18/h8-10,12,15-16H,4-7H2,1-3H3. The van der Waals surface area contributed by atoms with Crippen molar-refractivity contribution in [2.24, 2.45) is 5.92 Å². The van der Waals surface area contributed by atoms with Gasteiger partial charge in [-0.1, -0.05) is 32.4 Å². The molecule has 0 amide bonds. The van der Waals surface area contributed by atoms with Gasteiger partial charge >= 0.3 is 0 Å². The molecule has 0 N–H and O–H groups in total. The van der Waals surface area contributed by atoms with Crippen LogP contribution in [-0.4, -0.2) is 6.10 Å². The fourth-order valence-electron chi connectivity index (χ4n) is 2.65. The molecule has 2 heteroatoms. The zero-order valence-electron chi connectivity index (χ0n) is 12.1. The fourth-order valence-corrected chi connectivity index (χ4v) is 2.65. The van der Waals surface area contributed by atoms with E-state index in [-0.39, 0.29) is 12.0 Å². The molecule has 2 unspecified atom stereocenters. The Morgan fingerprint density at radius 3 is 2.68 bits per heavy atom. The zero-order valence-corrected chi connectivity index (χ0v) is 12.1. The number of hydrogen-bond donors (Lipinski definition) is 0. The van der Waals surface area contributed by atoms with Crippen molar-refractivity contribution in [1.29, 1.82) is 5.26 Å². The van der Waals surface area contributed by atoms with Crippen molar-refractivity contribution in [2.45, 2.75) is 58.5 Å². The smallest absolute Gasteiger partial charge is 0.122 e. The Morgan fingerprint density at radius 2 is 2.00 bits per heavy atom. The van der Waals surface area contributed by atoms with Crippen LogP contribution in [0.4, 0.5) is 0 Å². The molecule has 2 nitrogen and oxygen atoms in total. The summed E-state index contributed by atoms with van der Waals surface area (Å²) in [6, 6.07) is 8.83. The minimum Gasteiger partial charge on any atom is -0.489 e. The summed E-state index contributed by atoms with van der Waals surface area (Å²) in [5.41, 5.74) is 2.46. The van der Waals surface area contributed by atoms with Crippen LogP contribution in [-0.2, 0) is 0 Å². The van der Waals surface area contributed by atoms with E-state index < -0.39 is 0 Å². The third-order valence-corrected chi connectivity index (χ3v) is 4.03. The molecule has 1 fully saturated rings. The Balaban J connectivity index is 2.17. The highest BCUT2D eigenvalue weighted by Gasteiger charge is 2.27. The first-order valence-electron chi connectivity index (χ1n) is 7.28. The predicted molar refractivity (Wildman–Crippen MR) is 77.3 cm³/mol. The first-order valence-corrected chi connectivity index (χ1v) is 7.28. The summed E-state index contributed by atoms with van der Waals surface area (Å²) in [7, 11) is 0. The molecule has 1 aromatic carbocycles. The fraction of sp³-hybridized carbons (Fsp3) is 0.588. The van der Waals surface area contributed by atoms with Gasteiger partial charge in [-0.2, -0.15) is 5.26 Å². The van der Waals surface area contributed by atoms with Crippen molar-refractivity contribution in [2.75, 3.05) is 0 Å². The van der Waals surface area contributed by atoms with Crippen molar-refractivity contribution in [3.63, 3.8) is 0 Å². The van der Waals surface area contributed by atoms with Crippen LogP contribution in [0.1, 0.15) is 56.6 Å². The van der Waals surface area contributed by atoms with Crippen LogP contribution < -0.4 is 4.74 Å². The van der Waals surface area contributed by atoms with Crippen LogP contribution in [0.15, 0.2) is 18.2 Å². The van der Waals surface area contributed by atoms with Crippen LogP contribution in [0, 0.1) is 24.2 Å². The molecule has 0 bridgehead atoms. The Morgan fingerprint density at radius 1 is 1.26 bits per heavy atom. The summed E-state index contributed by atoms with van der Waals surface area (Å²) in [4.78, 5) is 0. The quantitative estimate of drug-likeness (QED) is 0.794. The van der Waals surface area contributed by atoms with Crippen LogP contribution in [0.2, 0.25) is 0 Å². The molecule has 0 spiro atoms. The lowest BCUT2D eigenvalue weighted by molar-refractivity contribution is 0.119. The van der Waals surface area contributed by atoms with E-state index in [1.165, 1.54) is 12.0 Å². The van der Waals surface area contributed by atoms with Crippen molar-refractivity contribution in [3.05, 3.63) is 29.3 Å². The molecule has 1 aromatic rings. The third-order valence-electron chi connectivity index (χ3n) is 4.03. The summed E-state index contributed by atoms with van der Waals surface area (Å²) in [5.74, 6) is 1.51. The Kier molecular flexibility index (Phi) is 4.47. The number of benzene rings is 1. The van der Waals surface area contributed by atoms with Crippen LogP contribution in [0.25, 0.3) is 0 Å². The van der Waals surface area contributed by atoms with Gasteiger partial charge in [0.1, 0.15) is 11.9 Å². The predicted octanol–water partition coefficient (Wildman–Crippen LogP) is 4.58. The van der Waals surface area contributed by atoms with Gasteiger partial charge in [0.25, 0.3) is 0 Å². The number of nitrogens with zero attached hydrogens (tertiary/aromatic N) is 1. The summed E-state index contributed by atoms with van der Waals surface area (Å²) >= 11 is 0. The maximum absolute atomic E-state index is 9.22. The molecule has 0 saturated heterocycles. The van der Waals surface area contributed by atoms with Gasteiger partial charge in [0.05, 0.1) is 12.0 Å². The van der Waals surface area contributed by atoms with Gasteiger partial charge in [-0.3, -0.25) is 0 Å². The molecule has 0 aliphatic heterocycles. The van der Waals surface area contributed by atoms with Crippen molar-refractivity contribution in [3.8, 4) is 11.8 Å². The van der Waals surface area contributed by atoms with Gasteiger partial charge in [0, 0.05) is 0 Å². The van der Waals surface area contributed by atoms with E-state index in [1.54, 1.807) is 0 Å². The lowest BCUT2D eigenvalue weighted by atomic mass is 9.87. The van der Waals surface area contributed by atoms with E-state index >= 15 is 0 Å². The van der Waals surface area contributed by atoms with Gasteiger partial charge in [-0.15, -0.1) is 0 Å². The molecule has 0 aromatic heterocycles. The third kappa shape index (κ3) is 3.29. The maximum Gasteiger partial charge on any atom is 0.122 e. The van der Waals surface area contributed by atoms with Gasteiger partial charge in [-0.25, -0.2) is 0 Å². The van der Waals surface area contributed by atoms with E-state index in [9.17, 15) is 5.26 Å². The molecule has 2 rings (SSSR count). The Bertz CT molecular complexity index is 473. The summed E-state index contributed by atoms with van der Waals surface area (Å²) in [6.45, 7) is 6.45. The van der Waals surface area contributed by atoms with Gasteiger partial charge in [0.15, 0.2) is 0 Å². The highest BCUT2D eigenvalue weighted by atomic mass is 16.5. The molecular weight excluding hydrogens is 234 g/mol. The van der Waals surface area contributed by atoms with Crippen molar-refractivity contribution >= 4 is 0 Å². The lowest BCUT2D eigenvalue weighted by Gasteiger charge is -2.28. The normalized spacial score (nSPS) is 23.1. The van der Waals surface area contributed by atoms with Crippen LogP contribution in [0.3, 0.4) is 0 Å². The van der Waals surface area contributed by atoms with E-state index in [0.29, 0.717) is 5.92 Å². The summed E-state index contributed by atoms with van der Waals surface area (Å²) < 4.78 is 6.16. The van der Waals surface area contributed by atoms with Crippen molar-refractivity contribution < 1.29 is 4.74 Å². The SMILES string of the molecule is Cc1ccc(C(C)C)cc1OC1CCCCC1C#N. The molecule has 1 aliphatic carbocycles. The van der Waals surface area contributed by atoms with Crippen LogP contribution in [0.5, 0.6) is 5.75 Å². The van der Waals surface area contributed by atoms with E-state index in [0.717, 1.165) is 30.6 Å². The van der Waals surface area contributed by atoms with Gasteiger partial charge in [-0.05, 0) is 49.3 Å². The second-order valence-corrected chi connectivity index (χ2v) is 5.86. The van der Waals surface area contributed by atoms with Crippen LogP contribution >= 0.6 is 0 Å². The van der Waals surface area contributed by atoms with Gasteiger partial charge < -0.3 is 4.74 Å². The van der Waals surface area contributed by atoms with E-state index in [1.807, 2.05) is 0 Å². The molecule has 19 heavy (non-hydrogen) atoms. The summed E-state index contributed by atoms with van der Waals surface area (Å²) in [5, 5.41) is 9.22. The second-order valence-electron chi connectivity index (χ2n) is 5.86. The highest BCUT2D eigenvalue weighted by molar-refractivity contribution is 5.38. The number of rotatable bonds is 3. The van der Waals surface area contributed by atoms with E-state index in [4.69, 9.17) is 4.74 Å². The molecule has 1 saturated carbocycles. The first kappa shape index (κ1) is 13.9. The molecule has 0 heterocycles. The molecule has 102 valence electrons.